The molecule has 196 valence electrons. The molecule has 0 saturated carbocycles. The van der Waals surface area contributed by atoms with Crippen molar-refractivity contribution in [2.75, 3.05) is 32.4 Å². The number of amides is 1. The zero-order valence-electron chi connectivity index (χ0n) is 20.6. The van der Waals surface area contributed by atoms with Gasteiger partial charge >= 0.3 is 0 Å². The molecular weight excluding hydrogens is 519 g/mol. The first-order valence-corrected chi connectivity index (χ1v) is 14.7. The highest BCUT2D eigenvalue weighted by atomic mass is 35.5. The lowest BCUT2D eigenvalue weighted by Crippen LogP contribution is -2.54. The van der Waals surface area contributed by atoms with Crippen LogP contribution in [0.1, 0.15) is 49.3 Å². The summed E-state index contributed by atoms with van der Waals surface area (Å²) in [5, 5.41) is 1.000. The summed E-state index contributed by atoms with van der Waals surface area (Å²) in [6.07, 6.45) is 7.37. The van der Waals surface area contributed by atoms with Crippen molar-refractivity contribution in [3.63, 3.8) is 0 Å². The fourth-order valence-corrected chi connectivity index (χ4v) is 5.51. The first kappa shape index (κ1) is 28.7. The second-order valence-electron chi connectivity index (χ2n) is 9.47. The summed E-state index contributed by atoms with van der Waals surface area (Å²) in [5.41, 5.74) is 1.49. The Morgan fingerprint density at radius 1 is 1.06 bits per heavy atom. The van der Waals surface area contributed by atoms with Crippen molar-refractivity contribution in [1.29, 1.82) is 0 Å². The predicted octanol–water partition coefficient (Wildman–Crippen LogP) is 5.77. The lowest BCUT2D eigenvalue weighted by atomic mass is 9.70. The van der Waals surface area contributed by atoms with Crippen LogP contribution in [0.3, 0.4) is 0 Å². The van der Waals surface area contributed by atoms with Crippen molar-refractivity contribution in [2.24, 2.45) is 0 Å². The van der Waals surface area contributed by atoms with Crippen LogP contribution in [0.4, 0.5) is 0 Å². The Labute approximate surface area is 224 Å². The Morgan fingerprint density at radius 3 is 2.28 bits per heavy atom. The van der Waals surface area contributed by atoms with Crippen molar-refractivity contribution in [2.45, 2.75) is 43.6 Å². The number of hydrogen-bond donors (Lipinski definition) is 1. The standard InChI is InChI=1S/C26H30Cl2N2O.CH4O3S/c1-2-13-26(21-11-12-22(27)23(28)18-21)14-8-17-30(25(26)31)24(19-29-15-6-7-16-29)20-9-4-3-5-10-20;1-5(2,3)4/h2-5,9-12,18,24H,1,6-8,13-17,19H2;1H3,(H,2,3,4)/t24-,26?;/m1./s1. The second kappa shape index (κ2) is 12.6. The lowest BCUT2D eigenvalue weighted by Gasteiger charge is -2.46. The van der Waals surface area contributed by atoms with Gasteiger partial charge in [-0.3, -0.25) is 9.35 Å². The lowest BCUT2D eigenvalue weighted by molar-refractivity contribution is -0.144. The van der Waals surface area contributed by atoms with Gasteiger partial charge in [0.2, 0.25) is 5.91 Å². The van der Waals surface area contributed by atoms with E-state index in [0.717, 1.165) is 44.6 Å². The molecule has 0 radical (unpaired) electrons. The third kappa shape index (κ3) is 7.33. The van der Waals surface area contributed by atoms with Crippen LogP contribution in [0.2, 0.25) is 10.0 Å². The van der Waals surface area contributed by atoms with E-state index in [-0.39, 0.29) is 11.9 Å². The van der Waals surface area contributed by atoms with E-state index in [0.29, 0.717) is 22.7 Å². The predicted molar refractivity (Wildman–Crippen MR) is 146 cm³/mol. The highest BCUT2D eigenvalue weighted by Crippen LogP contribution is 2.43. The van der Waals surface area contributed by atoms with E-state index < -0.39 is 15.5 Å². The molecule has 9 heteroatoms. The van der Waals surface area contributed by atoms with Crippen molar-refractivity contribution in [1.82, 2.24) is 9.80 Å². The average Bonchev–Trinajstić information content (AvgIpc) is 3.34. The van der Waals surface area contributed by atoms with Crippen LogP contribution in [0, 0.1) is 0 Å². The molecule has 0 bridgehead atoms. The number of halogens is 2. The maximum Gasteiger partial charge on any atom is 0.261 e. The minimum absolute atomic E-state index is 0.0408. The molecule has 2 fully saturated rings. The molecular formula is C27H34Cl2N2O4S. The minimum Gasteiger partial charge on any atom is -0.334 e. The van der Waals surface area contributed by atoms with Gasteiger partial charge in [-0.2, -0.15) is 8.42 Å². The van der Waals surface area contributed by atoms with E-state index in [4.69, 9.17) is 27.8 Å². The smallest absolute Gasteiger partial charge is 0.261 e. The molecule has 6 nitrogen and oxygen atoms in total. The zero-order valence-corrected chi connectivity index (χ0v) is 22.9. The summed E-state index contributed by atoms with van der Waals surface area (Å²) in [6.45, 7) is 7.83. The van der Waals surface area contributed by atoms with Gasteiger partial charge in [0.25, 0.3) is 10.1 Å². The van der Waals surface area contributed by atoms with Crippen LogP contribution >= 0.6 is 23.2 Å². The minimum atomic E-state index is -3.67. The maximum atomic E-state index is 14.2. The number of likely N-dealkylation sites (tertiary alicyclic amines) is 2. The third-order valence-electron chi connectivity index (χ3n) is 6.83. The fraction of sp³-hybridized carbons (Fsp3) is 0.444. The monoisotopic (exact) mass is 552 g/mol. The summed E-state index contributed by atoms with van der Waals surface area (Å²) in [7, 11) is -3.67. The van der Waals surface area contributed by atoms with E-state index in [1.54, 1.807) is 6.07 Å². The number of benzene rings is 2. The van der Waals surface area contributed by atoms with Gasteiger partial charge in [0.05, 0.1) is 27.8 Å². The largest absolute Gasteiger partial charge is 0.334 e. The molecule has 2 aromatic carbocycles. The first-order valence-electron chi connectivity index (χ1n) is 12.1. The molecule has 2 atom stereocenters. The molecule has 36 heavy (non-hydrogen) atoms. The third-order valence-corrected chi connectivity index (χ3v) is 7.57. The Bertz CT molecular complexity index is 1150. The molecule has 1 N–H and O–H groups in total. The van der Waals surface area contributed by atoms with Gasteiger partial charge in [-0.15, -0.1) is 6.58 Å². The average molecular weight is 554 g/mol. The summed E-state index contributed by atoms with van der Waals surface area (Å²) in [6, 6.07) is 16.1. The number of allylic oxidation sites excluding steroid dienone is 1. The Morgan fingerprint density at radius 2 is 1.69 bits per heavy atom. The number of carbonyl (C=O) groups excluding carboxylic acids is 1. The second-order valence-corrected chi connectivity index (χ2v) is 11.8. The summed E-state index contributed by atoms with van der Waals surface area (Å²) < 4.78 is 25.9. The van der Waals surface area contributed by atoms with Crippen LogP contribution in [-0.2, 0) is 20.3 Å². The number of carbonyl (C=O) groups is 1. The van der Waals surface area contributed by atoms with Gasteiger partial charge in [-0.25, -0.2) is 0 Å². The summed E-state index contributed by atoms with van der Waals surface area (Å²) >= 11 is 12.5. The van der Waals surface area contributed by atoms with Crippen LogP contribution < -0.4 is 0 Å². The molecule has 1 amide bonds. The van der Waals surface area contributed by atoms with Crippen LogP contribution in [0.25, 0.3) is 0 Å². The van der Waals surface area contributed by atoms with E-state index in [2.05, 4.69) is 40.6 Å². The van der Waals surface area contributed by atoms with Gasteiger partial charge in [0.1, 0.15) is 0 Å². The molecule has 0 aromatic heterocycles. The molecule has 4 rings (SSSR count). The Hall–Kier alpha value is -1.90. The highest BCUT2D eigenvalue weighted by Gasteiger charge is 2.46. The zero-order chi connectivity index (χ0) is 26.3. The van der Waals surface area contributed by atoms with E-state index in [1.807, 2.05) is 24.3 Å². The topological polar surface area (TPSA) is 77.9 Å². The van der Waals surface area contributed by atoms with Gasteiger partial charge in [-0.1, -0.05) is 65.7 Å². The van der Waals surface area contributed by atoms with Crippen molar-refractivity contribution >= 4 is 39.2 Å². The Balaban J connectivity index is 0.000000658. The number of nitrogens with zero attached hydrogens (tertiary/aromatic N) is 2. The normalized spacial score (nSPS) is 21.6. The van der Waals surface area contributed by atoms with Crippen molar-refractivity contribution in [3.8, 4) is 0 Å². The summed E-state index contributed by atoms with van der Waals surface area (Å²) in [4.78, 5) is 18.8. The molecule has 0 aliphatic carbocycles. The molecule has 2 aliphatic heterocycles. The van der Waals surface area contributed by atoms with Crippen LogP contribution in [0.15, 0.2) is 61.2 Å². The molecule has 2 aliphatic rings. The van der Waals surface area contributed by atoms with Gasteiger partial charge in [-0.05, 0) is 68.5 Å². The molecule has 2 saturated heterocycles. The van der Waals surface area contributed by atoms with E-state index in [1.165, 1.54) is 18.4 Å². The molecule has 0 spiro atoms. The Kier molecular flexibility index (Phi) is 10.0. The molecule has 2 aromatic rings. The van der Waals surface area contributed by atoms with Gasteiger partial charge in [0, 0.05) is 13.1 Å². The highest BCUT2D eigenvalue weighted by molar-refractivity contribution is 7.85. The molecule has 2 heterocycles. The van der Waals surface area contributed by atoms with Crippen molar-refractivity contribution < 1.29 is 17.8 Å². The SMILES string of the molecule is C=CCC1(c2ccc(Cl)c(Cl)c2)CCCN([C@H](CN2CCCC2)c2ccccc2)C1=O.CS(=O)(=O)O. The van der Waals surface area contributed by atoms with E-state index in [9.17, 15) is 13.2 Å². The van der Waals surface area contributed by atoms with Gasteiger partial charge in [0.15, 0.2) is 0 Å². The number of hydrogen-bond acceptors (Lipinski definition) is 4. The quantitative estimate of drug-likeness (QED) is 0.348. The molecule has 1 unspecified atom stereocenters. The van der Waals surface area contributed by atoms with Crippen LogP contribution in [-0.4, -0.2) is 61.1 Å². The van der Waals surface area contributed by atoms with Crippen molar-refractivity contribution in [3.05, 3.63) is 82.4 Å². The van der Waals surface area contributed by atoms with Gasteiger partial charge < -0.3 is 9.80 Å². The summed E-state index contributed by atoms with van der Waals surface area (Å²) in [5.74, 6) is 0.171. The fourth-order valence-electron chi connectivity index (χ4n) is 5.22. The van der Waals surface area contributed by atoms with Crippen LogP contribution in [0.5, 0.6) is 0 Å². The number of rotatable bonds is 7. The first-order chi connectivity index (χ1) is 17.0. The van der Waals surface area contributed by atoms with E-state index >= 15 is 0 Å². The number of piperidine rings is 1. The maximum absolute atomic E-state index is 14.2.